The van der Waals surface area contributed by atoms with Crippen molar-refractivity contribution in [3.63, 3.8) is 0 Å². The number of nitrogens with zero attached hydrogens (tertiary/aromatic N) is 1. The van der Waals surface area contributed by atoms with Crippen molar-refractivity contribution in [3.05, 3.63) is 0 Å². The monoisotopic (exact) mass is 283 g/mol. The fourth-order valence-electron chi connectivity index (χ4n) is 3.09. The SMILES string of the molecule is CCCCCCCCCCCCN1CC(C)OCC1C. The van der Waals surface area contributed by atoms with E-state index in [2.05, 4.69) is 25.7 Å². The number of rotatable bonds is 11. The molecule has 2 nitrogen and oxygen atoms in total. The summed E-state index contributed by atoms with van der Waals surface area (Å²) in [5.41, 5.74) is 0. The molecule has 0 aromatic rings. The van der Waals surface area contributed by atoms with E-state index < -0.39 is 0 Å². The Kier molecular flexibility index (Phi) is 10.4. The first-order valence-electron chi connectivity index (χ1n) is 9.09. The molecule has 20 heavy (non-hydrogen) atoms. The Balaban J connectivity index is 1.86. The Morgan fingerprint density at radius 1 is 0.850 bits per heavy atom. The van der Waals surface area contributed by atoms with Gasteiger partial charge in [0.1, 0.15) is 0 Å². The van der Waals surface area contributed by atoms with E-state index in [0.717, 1.165) is 13.2 Å². The van der Waals surface area contributed by atoms with Gasteiger partial charge in [-0.2, -0.15) is 0 Å². The fraction of sp³-hybridized carbons (Fsp3) is 1.00. The van der Waals surface area contributed by atoms with Crippen LogP contribution in [0.4, 0.5) is 0 Å². The van der Waals surface area contributed by atoms with E-state index in [0.29, 0.717) is 12.1 Å². The third-order valence-corrected chi connectivity index (χ3v) is 4.54. The summed E-state index contributed by atoms with van der Waals surface area (Å²) in [5, 5.41) is 0. The van der Waals surface area contributed by atoms with E-state index in [4.69, 9.17) is 4.74 Å². The van der Waals surface area contributed by atoms with Crippen molar-refractivity contribution < 1.29 is 4.74 Å². The minimum Gasteiger partial charge on any atom is -0.376 e. The molecule has 0 aliphatic carbocycles. The highest BCUT2D eigenvalue weighted by Gasteiger charge is 2.22. The summed E-state index contributed by atoms with van der Waals surface area (Å²) in [7, 11) is 0. The lowest BCUT2D eigenvalue weighted by Gasteiger charge is -2.36. The molecule has 1 fully saturated rings. The van der Waals surface area contributed by atoms with Crippen LogP contribution in [0.1, 0.15) is 85.0 Å². The Morgan fingerprint density at radius 3 is 2.00 bits per heavy atom. The van der Waals surface area contributed by atoms with Crippen molar-refractivity contribution in [1.82, 2.24) is 4.90 Å². The fourth-order valence-corrected chi connectivity index (χ4v) is 3.09. The van der Waals surface area contributed by atoms with E-state index in [1.807, 2.05) is 0 Å². The van der Waals surface area contributed by atoms with Gasteiger partial charge in [0, 0.05) is 12.6 Å². The van der Waals surface area contributed by atoms with Crippen LogP contribution in [-0.2, 0) is 4.74 Å². The zero-order chi connectivity index (χ0) is 14.6. The van der Waals surface area contributed by atoms with Gasteiger partial charge in [0.15, 0.2) is 0 Å². The Bertz CT molecular complexity index is 219. The standard InChI is InChI=1S/C18H37NO/c1-4-5-6-7-8-9-10-11-12-13-14-19-15-18(3)20-16-17(19)2/h17-18H,4-16H2,1-3H3. The average Bonchev–Trinajstić information content (AvgIpc) is 2.44. The third-order valence-electron chi connectivity index (χ3n) is 4.54. The molecule has 0 radical (unpaired) electrons. The molecule has 2 heteroatoms. The van der Waals surface area contributed by atoms with Gasteiger partial charge in [-0.25, -0.2) is 0 Å². The highest BCUT2D eigenvalue weighted by atomic mass is 16.5. The minimum absolute atomic E-state index is 0.425. The van der Waals surface area contributed by atoms with E-state index in [1.54, 1.807) is 0 Å². The van der Waals surface area contributed by atoms with Gasteiger partial charge < -0.3 is 4.74 Å². The highest BCUT2D eigenvalue weighted by molar-refractivity contribution is 4.74. The quantitative estimate of drug-likeness (QED) is 0.494. The number of ether oxygens (including phenoxy) is 1. The summed E-state index contributed by atoms with van der Waals surface area (Å²) in [6.45, 7) is 10.1. The normalized spacial score (nSPS) is 24.1. The molecule has 120 valence electrons. The van der Waals surface area contributed by atoms with Gasteiger partial charge >= 0.3 is 0 Å². The second kappa shape index (κ2) is 11.6. The number of morpholine rings is 1. The predicted molar refractivity (Wildman–Crippen MR) is 88.3 cm³/mol. The Hall–Kier alpha value is -0.0800. The first-order valence-corrected chi connectivity index (χ1v) is 9.09. The lowest BCUT2D eigenvalue weighted by molar-refractivity contribution is -0.0496. The van der Waals surface area contributed by atoms with Crippen LogP contribution < -0.4 is 0 Å². The summed E-state index contributed by atoms with van der Waals surface area (Å²) in [5.74, 6) is 0. The van der Waals surface area contributed by atoms with Crippen LogP contribution in [0.2, 0.25) is 0 Å². The maximum absolute atomic E-state index is 5.68. The second-order valence-corrected chi connectivity index (χ2v) is 6.67. The smallest absolute Gasteiger partial charge is 0.0674 e. The van der Waals surface area contributed by atoms with Crippen molar-refractivity contribution in [1.29, 1.82) is 0 Å². The highest BCUT2D eigenvalue weighted by Crippen LogP contribution is 2.14. The van der Waals surface area contributed by atoms with Crippen LogP contribution in [0.3, 0.4) is 0 Å². The van der Waals surface area contributed by atoms with Crippen molar-refractivity contribution in [2.75, 3.05) is 19.7 Å². The van der Waals surface area contributed by atoms with Crippen LogP contribution in [0.5, 0.6) is 0 Å². The average molecular weight is 283 g/mol. The Morgan fingerprint density at radius 2 is 1.40 bits per heavy atom. The van der Waals surface area contributed by atoms with Crippen LogP contribution in [0, 0.1) is 0 Å². The topological polar surface area (TPSA) is 12.5 Å². The van der Waals surface area contributed by atoms with Gasteiger partial charge in [-0.05, 0) is 26.8 Å². The molecule has 0 saturated carbocycles. The summed E-state index contributed by atoms with van der Waals surface area (Å²) >= 11 is 0. The number of hydrogen-bond acceptors (Lipinski definition) is 2. The van der Waals surface area contributed by atoms with Gasteiger partial charge in [-0.15, -0.1) is 0 Å². The number of unbranched alkanes of at least 4 members (excludes halogenated alkanes) is 9. The molecular formula is C18H37NO. The lowest BCUT2D eigenvalue weighted by Crippen LogP contribution is -2.47. The van der Waals surface area contributed by atoms with Gasteiger partial charge in [0.25, 0.3) is 0 Å². The summed E-state index contributed by atoms with van der Waals surface area (Å²) in [6, 6.07) is 0.616. The first-order chi connectivity index (χ1) is 9.74. The van der Waals surface area contributed by atoms with E-state index >= 15 is 0 Å². The second-order valence-electron chi connectivity index (χ2n) is 6.67. The molecule has 1 aliphatic heterocycles. The van der Waals surface area contributed by atoms with E-state index in [-0.39, 0.29) is 0 Å². The molecule has 0 N–H and O–H groups in total. The van der Waals surface area contributed by atoms with Crippen LogP contribution in [0.25, 0.3) is 0 Å². The maximum atomic E-state index is 5.68. The van der Waals surface area contributed by atoms with Crippen molar-refractivity contribution in [3.8, 4) is 0 Å². The minimum atomic E-state index is 0.425. The van der Waals surface area contributed by atoms with Crippen LogP contribution in [-0.4, -0.2) is 36.7 Å². The lowest BCUT2D eigenvalue weighted by atomic mass is 10.1. The van der Waals surface area contributed by atoms with Gasteiger partial charge in [-0.1, -0.05) is 64.7 Å². The maximum Gasteiger partial charge on any atom is 0.0674 e. The summed E-state index contributed by atoms with van der Waals surface area (Å²) in [6.07, 6.45) is 14.7. The third kappa shape index (κ3) is 8.26. The molecule has 0 aromatic heterocycles. The molecular weight excluding hydrogens is 246 g/mol. The first kappa shape index (κ1) is 18.0. The molecule has 0 aromatic carbocycles. The Labute approximate surface area is 127 Å². The van der Waals surface area contributed by atoms with Crippen molar-refractivity contribution in [2.45, 2.75) is 97.1 Å². The molecule has 1 aliphatic rings. The van der Waals surface area contributed by atoms with Crippen molar-refractivity contribution in [2.24, 2.45) is 0 Å². The van der Waals surface area contributed by atoms with Gasteiger partial charge in [0.2, 0.25) is 0 Å². The van der Waals surface area contributed by atoms with Gasteiger partial charge in [-0.3, -0.25) is 4.90 Å². The van der Waals surface area contributed by atoms with Gasteiger partial charge in [0.05, 0.1) is 12.7 Å². The molecule has 1 rings (SSSR count). The largest absolute Gasteiger partial charge is 0.376 e. The van der Waals surface area contributed by atoms with Crippen molar-refractivity contribution >= 4 is 0 Å². The molecule has 1 heterocycles. The molecule has 0 bridgehead atoms. The van der Waals surface area contributed by atoms with Crippen LogP contribution >= 0.6 is 0 Å². The molecule has 1 saturated heterocycles. The van der Waals surface area contributed by atoms with Crippen LogP contribution in [0.15, 0.2) is 0 Å². The molecule has 0 spiro atoms. The summed E-state index contributed by atoms with van der Waals surface area (Å²) in [4.78, 5) is 2.61. The predicted octanol–water partition coefficient (Wildman–Crippen LogP) is 5.02. The zero-order valence-electron chi connectivity index (χ0n) is 14.2. The summed E-state index contributed by atoms with van der Waals surface area (Å²) < 4.78 is 5.68. The van der Waals surface area contributed by atoms with E-state index in [9.17, 15) is 0 Å². The zero-order valence-corrected chi connectivity index (χ0v) is 14.2. The molecule has 2 atom stereocenters. The molecule has 2 unspecified atom stereocenters. The van der Waals surface area contributed by atoms with E-state index in [1.165, 1.54) is 70.8 Å². The number of hydrogen-bond donors (Lipinski definition) is 0. The molecule has 0 amide bonds.